The molecular weight excluding hydrogens is 282 g/mol. The first-order chi connectivity index (χ1) is 9.52. The highest BCUT2D eigenvalue weighted by molar-refractivity contribution is 7.13. The van der Waals surface area contributed by atoms with Crippen molar-refractivity contribution in [2.45, 2.75) is 26.9 Å². The predicted molar refractivity (Wildman–Crippen MR) is 71.0 cm³/mol. The third-order valence-electron chi connectivity index (χ3n) is 2.47. The van der Waals surface area contributed by atoms with E-state index in [1.807, 2.05) is 13.8 Å². The van der Waals surface area contributed by atoms with E-state index >= 15 is 0 Å². The third kappa shape index (κ3) is 2.99. The number of aromatic carboxylic acids is 1. The van der Waals surface area contributed by atoms with Crippen molar-refractivity contribution in [1.29, 1.82) is 0 Å². The lowest BCUT2D eigenvalue weighted by atomic mass is 10.1. The highest BCUT2D eigenvalue weighted by atomic mass is 32.1. The van der Waals surface area contributed by atoms with Gasteiger partial charge < -0.3 is 9.84 Å². The lowest BCUT2D eigenvalue weighted by Crippen LogP contribution is -2.09. The molecule has 0 amide bonds. The minimum atomic E-state index is -1.09. The Morgan fingerprint density at radius 2 is 2.15 bits per heavy atom. The largest absolute Gasteiger partial charge is 0.476 e. The van der Waals surface area contributed by atoms with Gasteiger partial charge >= 0.3 is 5.97 Å². The number of carboxylic acid groups (broad SMARTS) is 1. The topological polar surface area (TPSA) is 103 Å². The van der Waals surface area contributed by atoms with Gasteiger partial charge in [0.25, 0.3) is 0 Å². The molecule has 0 bridgehead atoms. The molecule has 2 aromatic heterocycles. The second kappa shape index (κ2) is 6.06. The Labute approximate surface area is 119 Å². The smallest absolute Gasteiger partial charge is 0.358 e. The van der Waals surface area contributed by atoms with E-state index in [9.17, 15) is 4.79 Å². The molecule has 0 atom stereocenters. The van der Waals surface area contributed by atoms with Gasteiger partial charge in [-0.3, -0.25) is 0 Å². The minimum Gasteiger partial charge on any atom is -0.476 e. The number of aromatic nitrogens is 5. The minimum absolute atomic E-state index is 0.0396. The van der Waals surface area contributed by atoms with Crippen molar-refractivity contribution in [2.24, 2.45) is 5.92 Å². The van der Waals surface area contributed by atoms with Crippen molar-refractivity contribution in [3.63, 3.8) is 0 Å². The molecule has 20 heavy (non-hydrogen) atoms. The maximum Gasteiger partial charge on any atom is 0.358 e. The maximum atomic E-state index is 11.2. The fourth-order valence-corrected chi connectivity index (χ4v) is 2.49. The molecule has 0 aromatic carbocycles. The monoisotopic (exact) mass is 297 g/mol. The summed E-state index contributed by atoms with van der Waals surface area (Å²) in [6.45, 7) is 4.36. The van der Waals surface area contributed by atoms with Gasteiger partial charge in [-0.25, -0.2) is 4.79 Å². The van der Waals surface area contributed by atoms with Crippen LogP contribution in [-0.2, 0) is 17.8 Å². The average molecular weight is 297 g/mol. The summed E-state index contributed by atoms with van der Waals surface area (Å²) in [5.41, 5.74) is 0.495. The summed E-state index contributed by atoms with van der Waals surface area (Å²) in [6.07, 6.45) is 0.549. The van der Waals surface area contributed by atoms with E-state index in [1.54, 1.807) is 7.11 Å². The molecule has 108 valence electrons. The predicted octanol–water partition coefficient (Wildman–Crippen LogP) is 1.16. The zero-order chi connectivity index (χ0) is 14.7. The number of rotatable bonds is 6. The van der Waals surface area contributed by atoms with Crippen molar-refractivity contribution in [3.05, 3.63) is 16.4 Å². The molecule has 0 spiro atoms. The lowest BCUT2D eigenvalue weighted by Gasteiger charge is -2.06. The number of hydrogen-bond acceptors (Lipinski definition) is 7. The van der Waals surface area contributed by atoms with Gasteiger partial charge in [-0.15, -0.1) is 15.3 Å². The Balaban J connectivity index is 2.41. The molecule has 9 heteroatoms. The van der Waals surface area contributed by atoms with E-state index in [0.29, 0.717) is 28.9 Å². The summed E-state index contributed by atoms with van der Waals surface area (Å²) < 4.78 is 6.43. The molecule has 0 unspecified atom stereocenters. The highest BCUT2D eigenvalue weighted by Crippen LogP contribution is 2.20. The summed E-state index contributed by atoms with van der Waals surface area (Å²) in [7, 11) is 1.57. The summed E-state index contributed by atoms with van der Waals surface area (Å²) >= 11 is 1.30. The van der Waals surface area contributed by atoms with Gasteiger partial charge in [0.05, 0.1) is 5.69 Å². The van der Waals surface area contributed by atoms with Crippen LogP contribution < -0.4 is 0 Å². The van der Waals surface area contributed by atoms with E-state index < -0.39 is 5.97 Å². The first kappa shape index (κ1) is 14.5. The standard InChI is InChI=1S/C11H15N5O3S/c1-6(2)4-7-9(10(17)18)13-15-16(7)11-14-12-8(20-11)5-19-3/h6H,4-5H2,1-3H3,(H,17,18). The van der Waals surface area contributed by atoms with Gasteiger partial charge in [-0.2, -0.15) is 4.68 Å². The number of methoxy groups -OCH3 is 1. The molecule has 0 saturated carbocycles. The number of hydrogen-bond donors (Lipinski definition) is 1. The average Bonchev–Trinajstić information content (AvgIpc) is 2.95. The second-order valence-electron chi connectivity index (χ2n) is 4.61. The first-order valence-corrected chi connectivity index (χ1v) is 6.84. The highest BCUT2D eigenvalue weighted by Gasteiger charge is 2.22. The second-order valence-corrected chi connectivity index (χ2v) is 5.65. The Bertz CT molecular complexity index is 607. The molecular formula is C11H15N5O3S. The summed E-state index contributed by atoms with van der Waals surface area (Å²) in [6, 6.07) is 0. The normalized spacial score (nSPS) is 11.2. The van der Waals surface area contributed by atoms with Crippen LogP contribution in [0.15, 0.2) is 0 Å². The zero-order valence-electron chi connectivity index (χ0n) is 11.4. The van der Waals surface area contributed by atoms with Crippen LogP contribution in [0.1, 0.15) is 35.0 Å². The van der Waals surface area contributed by atoms with Crippen LogP contribution in [0.2, 0.25) is 0 Å². The van der Waals surface area contributed by atoms with Crippen LogP contribution >= 0.6 is 11.3 Å². The van der Waals surface area contributed by atoms with E-state index in [1.165, 1.54) is 16.0 Å². The molecule has 1 N–H and O–H groups in total. The number of carboxylic acids is 1. The molecule has 0 radical (unpaired) electrons. The SMILES string of the molecule is COCc1nnc(-n2nnc(C(=O)O)c2CC(C)C)s1. The molecule has 2 heterocycles. The van der Waals surface area contributed by atoms with E-state index in [4.69, 9.17) is 9.84 Å². The molecule has 0 aliphatic rings. The van der Waals surface area contributed by atoms with Gasteiger partial charge in [0.1, 0.15) is 11.6 Å². The molecule has 2 rings (SSSR count). The van der Waals surface area contributed by atoms with Crippen molar-refractivity contribution in [3.8, 4) is 5.13 Å². The lowest BCUT2D eigenvalue weighted by molar-refractivity contribution is 0.0689. The van der Waals surface area contributed by atoms with Crippen LogP contribution in [0, 0.1) is 5.92 Å². The molecule has 2 aromatic rings. The van der Waals surface area contributed by atoms with Crippen molar-refractivity contribution in [1.82, 2.24) is 25.2 Å². The van der Waals surface area contributed by atoms with Gasteiger partial charge in [-0.05, 0) is 12.3 Å². The van der Waals surface area contributed by atoms with Gasteiger partial charge in [0.2, 0.25) is 5.13 Å². The number of nitrogens with zero attached hydrogens (tertiary/aromatic N) is 5. The zero-order valence-corrected chi connectivity index (χ0v) is 12.2. The molecule has 0 saturated heterocycles. The maximum absolute atomic E-state index is 11.2. The van der Waals surface area contributed by atoms with E-state index in [2.05, 4.69) is 20.5 Å². The number of ether oxygens (including phenoxy) is 1. The summed E-state index contributed by atoms with van der Waals surface area (Å²) in [4.78, 5) is 11.2. The Kier molecular flexibility index (Phi) is 4.40. The summed E-state index contributed by atoms with van der Waals surface area (Å²) in [5, 5.41) is 25.9. The first-order valence-electron chi connectivity index (χ1n) is 6.02. The summed E-state index contributed by atoms with van der Waals surface area (Å²) in [5.74, 6) is -0.815. The van der Waals surface area contributed by atoms with Crippen molar-refractivity contribution in [2.75, 3.05) is 7.11 Å². The van der Waals surface area contributed by atoms with Crippen LogP contribution in [0.25, 0.3) is 5.13 Å². The quantitative estimate of drug-likeness (QED) is 0.853. The van der Waals surface area contributed by atoms with Crippen molar-refractivity contribution < 1.29 is 14.6 Å². The Morgan fingerprint density at radius 3 is 2.75 bits per heavy atom. The third-order valence-corrected chi connectivity index (χ3v) is 3.34. The fourth-order valence-electron chi connectivity index (χ4n) is 1.70. The molecule has 0 aliphatic heterocycles. The Morgan fingerprint density at radius 1 is 1.40 bits per heavy atom. The van der Waals surface area contributed by atoms with Gasteiger partial charge in [-0.1, -0.05) is 30.4 Å². The van der Waals surface area contributed by atoms with Crippen LogP contribution in [0.5, 0.6) is 0 Å². The van der Waals surface area contributed by atoms with E-state index in [0.717, 1.165) is 0 Å². The van der Waals surface area contributed by atoms with Crippen LogP contribution in [0.3, 0.4) is 0 Å². The van der Waals surface area contributed by atoms with Crippen LogP contribution in [0.4, 0.5) is 0 Å². The number of carbonyl (C=O) groups is 1. The Hall–Kier alpha value is -1.87. The van der Waals surface area contributed by atoms with Crippen LogP contribution in [-0.4, -0.2) is 43.4 Å². The molecule has 0 aliphatic carbocycles. The van der Waals surface area contributed by atoms with Crippen molar-refractivity contribution >= 4 is 17.3 Å². The molecule has 0 fully saturated rings. The van der Waals surface area contributed by atoms with Gasteiger partial charge in [0.15, 0.2) is 5.69 Å². The van der Waals surface area contributed by atoms with Gasteiger partial charge in [0, 0.05) is 7.11 Å². The molecule has 8 nitrogen and oxygen atoms in total. The fraction of sp³-hybridized carbons (Fsp3) is 0.545. The van der Waals surface area contributed by atoms with E-state index in [-0.39, 0.29) is 11.6 Å².